The third-order valence-corrected chi connectivity index (χ3v) is 6.72. The molecule has 4 rings (SSSR count). The number of nitrogens with one attached hydrogen (secondary N) is 1. The van der Waals surface area contributed by atoms with Crippen LogP contribution in [0.5, 0.6) is 11.5 Å². The Balaban J connectivity index is 1.62. The number of carbonyl (C=O) groups excluding carboxylic acids is 1. The number of piperidine rings is 1. The maximum Gasteiger partial charge on any atom is 0.415 e. The number of aryl methyl sites for hydroxylation is 2. The number of hydrogen-bond acceptors (Lipinski definition) is 8. The topological polar surface area (TPSA) is 106 Å². The lowest BCUT2D eigenvalue weighted by Gasteiger charge is -2.34. The summed E-state index contributed by atoms with van der Waals surface area (Å²) in [6.07, 6.45) is 1.45. The van der Waals surface area contributed by atoms with E-state index >= 15 is 0 Å². The van der Waals surface area contributed by atoms with E-state index < -0.39 is 0 Å². The van der Waals surface area contributed by atoms with E-state index in [-0.39, 0.29) is 12.1 Å². The SMILES string of the molecule is COc1cc2nc(C)nc(NC(C)c3cc(C)cc(N)c3)c2cc1OC(=O)N1CCC(N(C)C)CC1. The molecule has 1 aromatic heterocycles. The number of amides is 1. The normalized spacial score (nSPS) is 15.2. The summed E-state index contributed by atoms with van der Waals surface area (Å²) in [6, 6.07) is 9.97. The summed E-state index contributed by atoms with van der Waals surface area (Å²) in [5, 5.41) is 4.23. The molecule has 192 valence electrons. The summed E-state index contributed by atoms with van der Waals surface area (Å²) in [7, 11) is 5.70. The van der Waals surface area contributed by atoms with E-state index in [4.69, 9.17) is 15.2 Å². The van der Waals surface area contributed by atoms with Crippen molar-refractivity contribution in [3.8, 4) is 11.5 Å². The minimum absolute atomic E-state index is 0.0594. The summed E-state index contributed by atoms with van der Waals surface area (Å²) < 4.78 is 11.4. The van der Waals surface area contributed by atoms with E-state index in [2.05, 4.69) is 47.3 Å². The van der Waals surface area contributed by atoms with Crippen LogP contribution in [0.4, 0.5) is 16.3 Å². The van der Waals surface area contributed by atoms with Crippen molar-refractivity contribution in [1.82, 2.24) is 19.8 Å². The van der Waals surface area contributed by atoms with Crippen LogP contribution in [0.3, 0.4) is 0 Å². The highest BCUT2D eigenvalue weighted by Gasteiger charge is 2.26. The minimum atomic E-state index is -0.379. The number of aromatic nitrogens is 2. The first-order valence-electron chi connectivity index (χ1n) is 12.3. The summed E-state index contributed by atoms with van der Waals surface area (Å²) in [5.41, 5.74) is 9.63. The molecule has 0 spiro atoms. The van der Waals surface area contributed by atoms with Crippen LogP contribution < -0.4 is 20.5 Å². The van der Waals surface area contributed by atoms with Gasteiger partial charge in [0.2, 0.25) is 0 Å². The number of likely N-dealkylation sites (tertiary alicyclic amines) is 1. The second-order valence-corrected chi connectivity index (χ2v) is 9.73. The lowest BCUT2D eigenvalue weighted by molar-refractivity contribution is 0.117. The van der Waals surface area contributed by atoms with Crippen molar-refractivity contribution in [2.75, 3.05) is 45.3 Å². The zero-order valence-electron chi connectivity index (χ0n) is 22.0. The zero-order chi connectivity index (χ0) is 26.0. The fourth-order valence-electron chi connectivity index (χ4n) is 4.71. The van der Waals surface area contributed by atoms with Crippen molar-refractivity contribution in [2.24, 2.45) is 0 Å². The molecule has 0 bridgehead atoms. The monoisotopic (exact) mass is 492 g/mol. The van der Waals surface area contributed by atoms with Gasteiger partial charge in [-0.2, -0.15) is 0 Å². The van der Waals surface area contributed by atoms with Crippen LogP contribution in [0.1, 0.15) is 42.8 Å². The molecule has 0 radical (unpaired) electrons. The highest BCUT2D eigenvalue weighted by atomic mass is 16.6. The molecule has 9 heteroatoms. The number of fused-ring (bicyclic) bond motifs is 1. The van der Waals surface area contributed by atoms with Crippen molar-refractivity contribution >= 4 is 28.5 Å². The summed E-state index contributed by atoms with van der Waals surface area (Å²) in [4.78, 5) is 26.2. The van der Waals surface area contributed by atoms with Gasteiger partial charge in [-0.1, -0.05) is 6.07 Å². The van der Waals surface area contributed by atoms with Crippen LogP contribution in [0.15, 0.2) is 30.3 Å². The molecule has 0 aliphatic carbocycles. The van der Waals surface area contributed by atoms with Gasteiger partial charge in [0, 0.05) is 36.3 Å². The fourth-order valence-corrected chi connectivity index (χ4v) is 4.71. The predicted octanol–water partition coefficient (Wildman–Crippen LogP) is 4.54. The van der Waals surface area contributed by atoms with Crippen molar-refractivity contribution in [1.29, 1.82) is 0 Å². The molecule has 1 amide bonds. The highest BCUT2D eigenvalue weighted by molar-refractivity contribution is 5.92. The van der Waals surface area contributed by atoms with Crippen LogP contribution in [0.2, 0.25) is 0 Å². The molecule has 2 aromatic carbocycles. The van der Waals surface area contributed by atoms with Gasteiger partial charge in [-0.15, -0.1) is 0 Å². The molecule has 9 nitrogen and oxygen atoms in total. The van der Waals surface area contributed by atoms with Gasteiger partial charge in [-0.3, -0.25) is 0 Å². The van der Waals surface area contributed by atoms with Gasteiger partial charge in [0.15, 0.2) is 11.5 Å². The molecule has 1 aliphatic heterocycles. The number of benzene rings is 2. The second kappa shape index (κ2) is 10.6. The standard InChI is InChI=1S/C27H36N6O3/c1-16-11-19(13-20(28)12-16)17(2)29-26-22-14-25(24(35-6)15-23(22)30-18(3)31-26)36-27(34)33-9-7-21(8-10-33)32(4)5/h11-15,17,21H,7-10,28H2,1-6H3,(H,29,30,31). The summed E-state index contributed by atoms with van der Waals surface area (Å²) in [5.74, 6) is 2.06. The highest BCUT2D eigenvalue weighted by Crippen LogP contribution is 2.36. The van der Waals surface area contributed by atoms with E-state index in [0.29, 0.717) is 47.8 Å². The van der Waals surface area contributed by atoms with Gasteiger partial charge < -0.3 is 30.3 Å². The van der Waals surface area contributed by atoms with Gasteiger partial charge in [-0.25, -0.2) is 14.8 Å². The van der Waals surface area contributed by atoms with Gasteiger partial charge in [0.05, 0.1) is 18.7 Å². The van der Waals surface area contributed by atoms with E-state index in [1.807, 2.05) is 26.0 Å². The fraction of sp³-hybridized carbons (Fsp3) is 0.444. The third-order valence-electron chi connectivity index (χ3n) is 6.72. The number of methoxy groups -OCH3 is 1. The second-order valence-electron chi connectivity index (χ2n) is 9.73. The van der Waals surface area contributed by atoms with Gasteiger partial charge in [-0.05, 0) is 77.0 Å². The minimum Gasteiger partial charge on any atom is -0.493 e. The molecule has 1 atom stereocenters. The average molecular weight is 493 g/mol. The van der Waals surface area contributed by atoms with Crippen LogP contribution in [0.25, 0.3) is 10.9 Å². The van der Waals surface area contributed by atoms with Crippen LogP contribution in [-0.4, -0.2) is 66.2 Å². The number of rotatable bonds is 6. The average Bonchev–Trinajstić information content (AvgIpc) is 2.83. The predicted molar refractivity (Wildman–Crippen MR) is 143 cm³/mol. The number of nitrogen functional groups attached to an aromatic ring is 1. The Bertz CT molecular complexity index is 1230. The third kappa shape index (κ3) is 5.62. The van der Waals surface area contributed by atoms with E-state index in [0.717, 1.165) is 35.0 Å². The molecular formula is C27H36N6O3. The van der Waals surface area contributed by atoms with Gasteiger partial charge in [0.1, 0.15) is 11.6 Å². The molecule has 3 aromatic rings. The van der Waals surface area contributed by atoms with E-state index in [1.165, 1.54) is 0 Å². The van der Waals surface area contributed by atoms with Crippen LogP contribution in [0, 0.1) is 13.8 Å². The number of anilines is 2. The first-order chi connectivity index (χ1) is 17.1. The molecule has 36 heavy (non-hydrogen) atoms. The molecule has 1 saturated heterocycles. The number of carbonyl (C=O) groups is 1. The Morgan fingerprint density at radius 1 is 1.11 bits per heavy atom. The molecule has 1 aliphatic rings. The number of hydrogen-bond donors (Lipinski definition) is 2. The van der Waals surface area contributed by atoms with E-state index in [1.54, 1.807) is 24.1 Å². The molecule has 0 saturated carbocycles. The Morgan fingerprint density at radius 3 is 2.47 bits per heavy atom. The van der Waals surface area contributed by atoms with E-state index in [9.17, 15) is 4.79 Å². The molecule has 3 N–H and O–H groups in total. The summed E-state index contributed by atoms with van der Waals surface area (Å²) in [6.45, 7) is 7.23. The van der Waals surface area contributed by atoms with Crippen LogP contribution >= 0.6 is 0 Å². The van der Waals surface area contributed by atoms with Gasteiger partial charge in [0.25, 0.3) is 0 Å². The largest absolute Gasteiger partial charge is 0.493 e. The number of ether oxygens (including phenoxy) is 2. The number of nitrogens with two attached hydrogens (primary N) is 1. The quantitative estimate of drug-likeness (QED) is 0.483. The smallest absolute Gasteiger partial charge is 0.415 e. The Kier molecular flexibility index (Phi) is 7.49. The maximum absolute atomic E-state index is 13.0. The van der Waals surface area contributed by atoms with Crippen molar-refractivity contribution < 1.29 is 14.3 Å². The van der Waals surface area contributed by atoms with Crippen molar-refractivity contribution in [3.63, 3.8) is 0 Å². The van der Waals surface area contributed by atoms with Crippen LogP contribution in [-0.2, 0) is 0 Å². The zero-order valence-corrected chi connectivity index (χ0v) is 22.0. The molecule has 1 fully saturated rings. The first kappa shape index (κ1) is 25.5. The van der Waals surface area contributed by atoms with Gasteiger partial charge >= 0.3 is 6.09 Å². The molecular weight excluding hydrogens is 456 g/mol. The lowest BCUT2D eigenvalue weighted by Crippen LogP contribution is -2.45. The maximum atomic E-state index is 13.0. The Morgan fingerprint density at radius 2 is 1.83 bits per heavy atom. The Labute approximate surface area is 212 Å². The lowest BCUT2D eigenvalue weighted by atomic mass is 10.0. The van der Waals surface area contributed by atoms with Crippen molar-refractivity contribution in [3.05, 3.63) is 47.3 Å². The molecule has 2 heterocycles. The molecule has 1 unspecified atom stereocenters. The Hall–Kier alpha value is -3.59. The van der Waals surface area contributed by atoms with Crippen molar-refractivity contribution in [2.45, 2.75) is 45.7 Å². The first-order valence-corrected chi connectivity index (χ1v) is 12.3. The summed E-state index contributed by atoms with van der Waals surface area (Å²) >= 11 is 0. The number of nitrogens with zero attached hydrogens (tertiary/aromatic N) is 4.